The first-order valence-electron chi connectivity index (χ1n) is 4.89. The summed E-state index contributed by atoms with van der Waals surface area (Å²) < 4.78 is 3.81. The predicted octanol–water partition coefficient (Wildman–Crippen LogP) is 0.478. The molecule has 0 unspecified atom stereocenters. The van der Waals surface area contributed by atoms with Crippen LogP contribution in [0.25, 0.3) is 0 Å². The summed E-state index contributed by atoms with van der Waals surface area (Å²) in [4.78, 5) is 14.1. The maximum atomic E-state index is 11.9. The van der Waals surface area contributed by atoms with E-state index in [1.54, 1.807) is 4.90 Å². The van der Waals surface area contributed by atoms with Gasteiger partial charge in [0.1, 0.15) is 4.88 Å². The highest BCUT2D eigenvalue weighted by Crippen LogP contribution is 2.23. The molecule has 1 fully saturated rings. The summed E-state index contributed by atoms with van der Waals surface area (Å²) >= 11 is 1.13. The van der Waals surface area contributed by atoms with Crippen LogP contribution in [-0.2, 0) is 0 Å². The first-order valence-corrected chi connectivity index (χ1v) is 5.66. The molecule has 2 heterocycles. The van der Waals surface area contributed by atoms with Gasteiger partial charge < -0.3 is 10.0 Å². The normalized spacial score (nSPS) is 16.9. The van der Waals surface area contributed by atoms with Crippen molar-refractivity contribution in [3.8, 4) is 0 Å². The van der Waals surface area contributed by atoms with Crippen LogP contribution in [0.2, 0.25) is 0 Å². The lowest BCUT2D eigenvalue weighted by Gasteiger charge is -2.35. The Hall–Kier alpha value is -1.01. The minimum atomic E-state index is -0.364. The van der Waals surface area contributed by atoms with E-state index < -0.39 is 0 Å². The van der Waals surface area contributed by atoms with Crippen LogP contribution in [0.5, 0.6) is 0 Å². The molecule has 0 aromatic carbocycles. The Kier molecular flexibility index (Phi) is 2.70. The number of carbonyl (C=O) groups is 1. The fourth-order valence-electron chi connectivity index (χ4n) is 1.49. The van der Waals surface area contributed by atoms with E-state index >= 15 is 0 Å². The molecule has 1 amide bonds. The number of nitrogens with zero attached hydrogens (tertiary/aromatic N) is 3. The Morgan fingerprint density at radius 1 is 1.60 bits per heavy atom. The van der Waals surface area contributed by atoms with E-state index in [-0.39, 0.29) is 17.9 Å². The number of rotatable bonds is 2. The molecule has 1 aromatic rings. The fourth-order valence-corrected chi connectivity index (χ4v) is 2.28. The van der Waals surface area contributed by atoms with Gasteiger partial charge in [-0.15, -0.1) is 5.10 Å². The van der Waals surface area contributed by atoms with Crippen molar-refractivity contribution in [3.05, 3.63) is 10.6 Å². The average Bonchev–Trinajstić information content (AvgIpc) is 2.60. The number of β-amino-alcohol motifs (C(OH)–C–C–N with tert-alkyl or cyclic N) is 1. The highest BCUT2D eigenvalue weighted by Gasteiger charge is 2.32. The van der Waals surface area contributed by atoms with Crippen molar-refractivity contribution in [1.29, 1.82) is 0 Å². The number of likely N-dealkylation sites (tertiary alicyclic amines) is 1. The lowest BCUT2D eigenvalue weighted by atomic mass is 10.1. The molecule has 0 atom stereocenters. The van der Waals surface area contributed by atoms with Gasteiger partial charge in [-0.05, 0) is 17.5 Å². The van der Waals surface area contributed by atoms with Crippen molar-refractivity contribution >= 4 is 17.4 Å². The van der Waals surface area contributed by atoms with E-state index in [1.165, 1.54) is 0 Å². The average molecular weight is 227 g/mol. The SMILES string of the molecule is CC(C)c1nnsc1C(=O)N1CC(O)C1. The second kappa shape index (κ2) is 3.86. The Morgan fingerprint density at radius 3 is 2.80 bits per heavy atom. The molecule has 5 nitrogen and oxygen atoms in total. The van der Waals surface area contributed by atoms with E-state index in [0.29, 0.717) is 18.0 Å². The number of aliphatic hydroxyl groups excluding tert-OH is 1. The summed E-state index contributed by atoms with van der Waals surface area (Å²) in [5.74, 6) is 0.146. The standard InChI is InChI=1S/C9H13N3O2S/c1-5(2)7-8(15-11-10-7)9(14)12-3-6(13)4-12/h5-6,13H,3-4H2,1-2H3. The third kappa shape index (κ3) is 1.87. The van der Waals surface area contributed by atoms with Crippen LogP contribution in [0.15, 0.2) is 0 Å². The lowest BCUT2D eigenvalue weighted by Crippen LogP contribution is -2.53. The van der Waals surface area contributed by atoms with Crippen LogP contribution in [0.1, 0.15) is 35.1 Å². The second-order valence-electron chi connectivity index (χ2n) is 4.01. The van der Waals surface area contributed by atoms with Gasteiger partial charge in [-0.3, -0.25) is 4.79 Å². The maximum Gasteiger partial charge on any atom is 0.267 e. The summed E-state index contributed by atoms with van der Waals surface area (Å²) in [5.41, 5.74) is 0.756. The van der Waals surface area contributed by atoms with E-state index in [1.807, 2.05) is 13.8 Å². The first-order chi connectivity index (χ1) is 7.09. The molecule has 0 spiro atoms. The first kappa shape index (κ1) is 10.5. The minimum Gasteiger partial charge on any atom is -0.389 e. The zero-order chi connectivity index (χ0) is 11.0. The van der Waals surface area contributed by atoms with Gasteiger partial charge in [0, 0.05) is 13.1 Å². The van der Waals surface area contributed by atoms with Gasteiger partial charge in [-0.25, -0.2) is 0 Å². The number of carbonyl (C=O) groups excluding carboxylic acids is 1. The molecule has 1 aliphatic heterocycles. The summed E-state index contributed by atoms with van der Waals surface area (Å²) in [6, 6.07) is 0. The smallest absolute Gasteiger partial charge is 0.267 e. The van der Waals surface area contributed by atoms with Crippen LogP contribution in [0.4, 0.5) is 0 Å². The molecule has 0 saturated carbocycles. The summed E-state index contributed by atoms with van der Waals surface area (Å²) in [6.45, 7) is 4.82. The molecule has 1 aliphatic rings. The van der Waals surface area contributed by atoms with Crippen molar-refractivity contribution in [2.24, 2.45) is 0 Å². The maximum absolute atomic E-state index is 11.9. The van der Waals surface area contributed by atoms with E-state index in [2.05, 4.69) is 9.59 Å². The molecule has 6 heteroatoms. The van der Waals surface area contributed by atoms with Crippen LogP contribution in [-0.4, -0.2) is 44.7 Å². The van der Waals surface area contributed by atoms with Gasteiger partial charge in [0.15, 0.2) is 0 Å². The molecule has 15 heavy (non-hydrogen) atoms. The molecule has 1 aromatic heterocycles. The Balaban J connectivity index is 2.15. The highest BCUT2D eigenvalue weighted by molar-refractivity contribution is 7.08. The minimum absolute atomic E-state index is 0.0565. The molecule has 0 radical (unpaired) electrons. The number of aliphatic hydroxyl groups is 1. The van der Waals surface area contributed by atoms with Crippen molar-refractivity contribution < 1.29 is 9.90 Å². The molecular weight excluding hydrogens is 214 g/mol. The van der Waals surface area contributed by atoms with Crippen molar-refractivity contribution in [3.63, 3.8) is 0 Å². The topological polar surface area (TPSA) is 66.3 Å². The van der Waals surface area contributed by atoms with Crippen LogP contribution < -0.4 is 0 Å². The van der Waals surface area contributed by atoms with Gasteiger partial charge >= 0.3 is 0 Å². The third-order valence-electron chi connectivity index (χ3n) is 2.40. The van der Waals surface area contributed by atoms with Crippen LogP contribution in [0.3, 0.4) is 0 Å². The molecule has 1 N–H and O–H groups in total. The van der Waals surface area contributed by atoms with Crippen LogP contribution >= 0.6 is 11.5 Å². The molecule has 2 rings (SSSR count). The molecular formula is C9H13N3O2S. The third-order valence-corrected chi connectivity index (χ3v) is 3.13. The zero-order valence-corrected chi connectivity index (χ0v) is 9.49. The van der Waals surface area contributed by atoms with Gasteiger partial charge in [0.2, 0.25) is 0 Å². The largest absolute Gasteiger partial charge is 0.389 e. The second-order valence-corrected chi connectivity index (χ2v) is 4.76. The van der Waals surface area contributed by atoms with Crippen molar-refractivity contribution in [2.75, 3.05) is 13.1 Å². The Morgan fingerprint density at radius 2 is 2.27 bits per heavy atom. The Bertz CT molecular complexity index is 371. The fraction of sp³-hybridized carbons (Fsp3) is 0.667. The number of aromatic nitrogens is 2. The van der Waals surface area contributed by atoms with Crippen LogP contribution in [0, 0.1) is 0 Å². The monoisotopic (exact) mass is 227 g/mol. The summed E-state index contributed by atoms with van der Waals surface area (Å²) in [6.07, 6.45) is -0.364. The molecule has 0 bridgehead atoms. The van der Waals surface area contributed by atoms with E-state index in [9.17, 15) is 4.79 Å². The van der Waals surface area contributed by atoms with Gasteiger partial charge in [0.05, 0.1) is 11.8 Å². The molecule has 1 saturated heterocycles. The molecule has 82 valence electrons. The molecule has 0 aliphatic carbocycles. The Labute approximate surface area is 91.9 Å². The van der Waals surface area contributed by atoms with E-state index in [4.69, 9.17) is 5.11 Å². The van der Waals surface area contributed by atoms with Gasteiger partial charge in [-0.1, -0.05) is 18.3 Å². The number of hydrogen-bond donors (Lipinski definition) is 1. The van der Waals surface area contributed by atoms with Gasteiger partial charge in [-0.2, -0.15) is 0 Å². The lowest BCUT2D eigenvalue weighted by molar-refractivity contribution is 0.00612. The highest BCUT2D eigenvalue weighted by atomic mass is 32.1. The zero-order valence-electron chi connectivity index (χ0n) is 8.67. The van der Waals surface area contributed by atoms with E-state index in [0.717, 1.165) is 17.2 Å². The summed E-state index contributed by atoms with van der Waals surface area (Å²) in [7, 11) is 0. The van der Waals surface area contributed by atoms with Crippen molar-refractivity contribution in [1.82, 2.24) is 14.5 Å². The number of amides is 1. The number of hydrogen-bond acceptors (Lipinski definition) is 5. The van der Waals surface area contributed by atoms with Crippen molar-refractivity contribution in [2.45, 2.75) is 25.9 Å². The predicted molar refractivity (Wildman–Crippen MR) is 55.9 cm³/mol. The quantitative estimate of drug-likeness (QED) is 0.798. The summed E-state index contributed by atoms with van der Waals surface area (Å²) in [5, 5.41) is 13.1. The van der Waals surface area contributed by atoms with Gasteiger partial charge in [0.25, 0.3) is 5.91 Å².